The first-order chi connectivity index (χ1) is 11.3. The highest BCUT2D eigenvalue weighted by atomic mass is 79.9. The highest BCUT2D eigenvalue weighted by Gasteiger charge is 2.24. The van der Waals surface area contributed by atoms with E-state index in [1.165, 1.54) is 6.26 Å². The highest BCUT2D eigenvalue weighted by molar-refractivity contribution is 9.10. The van der Waals surface area contributed by atoms with E-state index in [1.54, 1.807) is 4.31 Å². The summed E-state index contributed by atoms with van der Waals surface area (Å²) >= 11 is 9.69. The molecule has 2 aromatic rings. The molecule has 0 atom stereocenters. The van der Waals surface area contributed by atoms with Crippen LogP contribution in [0.1, 0.15) is 12.8 Å². The van der Waals surface area contributed by atoms with Crippen molar-refractivity contribution in [1.29, 1.82) is 0 Å². The lowest BCUT2D eigenvalue weighted by Gasteiger charge is -2.30. The first kappa shape index (κ1) is 17.9. The summed E-state index contributed by atoms with van der Waals surface area (Å²) in [6.07, 6.45) is 3.00. The minimum atomic E-state index is -3.07. The Labute approximate surface area is 155 Å². The number of benzene rings is 1. The maximum absolute atomic E-state index is 11.5. The van der Waals surface area contributed by atoms with E-state index in [0.717, 1.165) is 40.6 Å². The van der Waals surface area contributed by atoms with Crippen molar-refractivity contribution < 1.29 is 8.42 Å². The zero-order valence-corrected chi connectivity index (χ0v) is 16.5. The molecule has 1 N–H and O–H groups in total. The van der Waals surface area contributed by atoms with Crippen molar-refractivity contribution in [2.75, 3.05) is 31.2 Å². The lowest BCUT2D eigenvalue weighted by molar-refractivity contribution is 0.283. The zero-order chi connectivity index (χ0) is 17.3. The number of sulfonamides is 1. The van der Waals surface area contributed by atoms with Gasteiger partial charge >= 0.3 is 0 Å². The number of anilines is 1. The van der Waals surface area contributed by atoms with Crippen LogP contribution < -0.4 is 5.32 Å². The molecule has 1 saturated heterocycles. The second-order valence-electron chi connectivity index (χ2n) is 6.14. The molecule has 0 spiro atoms. The van der Waals surface area contributed by atoms with Gasteiger partial charge in [-0.2, -0.15) is 0 Å². The van der Waals surface area contributed by atoms with Crippen molar-refractivity contribution in [2.45, 2.75) is 12.8 Å². The summed E-state index contributed by atoms with van der Waals surface area (Å²) in [4.78, 5) is 4.58. The minimum Gasteiger partial charge on any atom is -0.370 e. The first-order valence-electron chi connectivity index (χ1n) is 7.78. The lowest BCUT2D eigenvalue weighted by atomic mass is 9.98. The van der Waals surface area contributed by atoms with E-state index in [2.05, 4.69) is 26.2 Å². The molecule has 1 aliphatic heterocycles. The SMILES string of the molecule is CS(=O)(=O)N1CCC(CNc2ccc3cc(Br)cc(Cl)c3n2)CC1. The van der Waals surface area contributed by atoms with Crippen LogP contribution in [0.4, 0.5) is 5.82 Å². The monoisotopic (exact) mass is 431 g/mol. The summed E-state index contributed by atoms with van der Waals surface area (Å²) in [5, 5.41) is 4.96. The van der Waals surface area contributed by atoms with Gasteiger partial charge in [0.15, 0.2) is 0 Å². The molecule has 1 aromatic heterocycles. The van der Waals surface area contributed by atoms with Crippen molar-refractivity contribution in [3.63, 3.8) is 0 Å². The molecule has 0 bridgehead atoms. The van der Waals surface area contributed by atoms with Gasteiger partial charge in [0.25, 0.3) is 0 Å². The first-order valence-corrected chi connectivity index (χ1v) is 10.8. The van der Waals surface area contributed by atoms with E-state index in [-0.39, 0.29) is 0 Å². The molecule has 24 heavy (non-hydrogen) atoms. The van der Waals surface area contributed by atoms with Crippen LogP contribution in [0.3, 0.4) is 0 Å². The summed E-state index contributed by atoms with van der Waals surface area (Å²) in [7, 11) is -3.07. The lowest BCUT2D eigenvalue weighted by Crippen LogP contribution is -2.39. The quantitative estimate of drug-likeness (QED) is 0.799. The van der Waals surface area contributed by atoms with Crippen LogP contribution in [0.2, 0.25) is 5.02 Å². The average molecular weight is 433 g/mol. The number of pyridine rings is 1. The standard InChI is InChI=1S/C16H19BrClN3O2S/c1-24(22,23)21-6-4-11(5-7-21)10-19-15-3-2-12-8-13(17)9-14(18)16(12)20-15/h2-3,8-9,11H,4-7,10H2,1H3,(H,19,20). The number of halogens is 2. The molecule has 0 amide bonds. The summed E-state index contributed by atoms with van der Waals surface area (Å²) in [5.41, 5.74) is 0.775. The van der Waals surface area contributed by atoms with Crippen LogP contribution in [0.15, 0.2) is 28.7 Å². The molecule has 0 unspecified atom stereocenters. The highest BCUT2D eigenvalue weighted by Crippen LogP contribution is 2.28. The summed E-state index contributed by atoms with van der Waals surface area (Å²) in [6, 6.07) is 7.75. The van der Waals surface area contributed by atoms with Crippen molar-refractivity contribution in [3.8, 4) is 0 Å². The second-order valence-corrected chi connectivity index (χ2v) is 9.45. The third-order valence-corrected chi connectivity index (χ3v) is 6.37. The number of aromatic nitrogens is 1. The van der Waals surface area contributed by atoms with Crippen LogP contribution >= 0.6 is 27.5 Å². The molecular weight excluding hydrogens is 414 g/mol. The molecule has 8 heteroatoms. The van der Waals surface area contributed by atoms with E-state index in [9.17, 15) is 8.42 Å². The van der Waals surface area contributed by atoms with Gasteiger partial charge in [-0.1, -0.05) is 27.5 Å². The molecule has 2 heterocycles. The van der Waals surface area contributed by atoms with Gasteiger partial charge in [0.1, 0.15) is 5.82 Å². The van der Waals surface area contributed by atoms with Gasteiger partial charge in [-0.05, 0) is 43.0 Å². The van der Waals surface area contributed by atoms with Gasteiger partial charge in [-0.3, -0.25) is 0 Å². The summed E-state index contributed by atoms with van der Waals surface area (Å²) in [6.45, 7) is 1.97. The fourth-order valence-corrected chi connectivity index (χ4v) is 4.70. The van der Waals surface area contributed by atoms with Crippen molar-refractivity contribution in [3.05, 3.63) is 33.8 Å². The molecule has 1 fully saturated rings. The molecule has 0 aliphatic carbocycles. The van der Waals surface area contributed by atoms with Gasteiger partial charge in [-0.25, -0.2) is 17.7 Å². The van der Waals surface area contributed by atoms with Gasteiger partial charge in [0.05, 0.1) is 16.8 Å². The molecular formula is C16H19BrClN3O2S. The molecule has 3 rings (SSSR count). The van der Waals surface area contributed by atoms with E-state index in [0.29, 0.717) is 24.0 Å². The Kier molecular flexibility index (Phi) is 5.34. The molecule has 0 saturated carbocycles. The Bertz CT molecular complexity index is 852. The van der Waals surface area contributed by atoms with Crippen molar-refractivity contribution in [1.82, 2.24) is 9.29 Å². The maximum Gasteiger partial charge on any atom is 0.211 e. The summed E-state index contributed by atoms with van der Waals surface area (Å²) < 4.78 is 25.6. The Morgan fingerprint density at radius 2 is 2.04 bits per heavy atom. The van der Waals surface area contributed by atoms with Gasteiger partial charge in [-0.15, -0.1) is 0 Å². The Balaban J connectivity index is 1.62. The number of fused-ring (bicyclic) bond motifs is 1. The smallest absolute Gasteiger partial charge is 0.211 e. The average Bonchev–Trinajstić information content (AvgIpc) is 2.52. The topological polar surface area (TPSA) is 62.3 Å². The minimum absolute atomic E-state index is 0.445. The van der Waals surface area contributed by atoms with Gasteiger partial charge in [0, 0.05) is 29.5 Å². The number of piperidine rings is 1. The van der Waals surface area contributed by atoms with Gasteiger partial charge in [0.2, 0.25) is 10.0 Å². The molecule has 1 aromatic carbocycles. The number of hydrogen-bond acceptors (Lipinski definition) is 4. The third kappa shape index (κ3) is 4.20. The third-order valence-electron chi connectivity index (χ3n) is 4.33. The van der Waals surface area contributed by atoms with E-state index in [1.807, 2.05) is 24.3 Å². The number of nitrogens with one attached hydrogen (secondary N) is 1. The molecule has 0 radical (unpaired) electrons. The zero-order valence-electron chi connectivity index (χ0n) is 13.3. The van der Waals surface area contributed by atoms with Gasteiger partial charge < -0.3 is 5.32 Å². The Morgan fingerprint density at radius 1 is 1.33 bits per heavy atom. The predicted molar refractivity (Wildman–Crippen MR) is 102 cm³/mol. The van der Waals surface area contributed by atoms with Crippen LogP contribution in [-0.4, -0.2) is 43.6 Å². The Morgan fingerprint density at radius 3 is 2.71 bits per heavy atom. The Hall–Kier alpha value is -0.890. The van der Waals surface area contributed by atoms with E-state index in [4.69, 9.17) is 11.6 Å². The normalized spacial score (nSPS) is 17.3. The van der Waals surface area contributed by atoms with Crippen LogP contribution in [0, 0.1) is 5.92 Å². The summed E-state index contributed by atoms with van der Waals surface area (Å²) in [5.74, 6) is 1.23. The number of rotatable bonds is 4. The largest absolute Gasteiger partial charge is 0.370 e. The van der Waals surface area contributed by atoms with Crippen molar-refractivity contribution >= 4 is 54.3 Å². The maximum atomic E-state index is 11.5. The van der Waals surface area contributed by atoms with Crippen LogP contribution in [0.25, 0.3) is 10.9 Å². The predicted octanol–water partition coefficient (Wildman–Crippen LogP) is 3.73. The molecule has 1 aliphatic rings. The molecule has 130 valence electrons. The van der Waals surface area contributed by atoms with Crippen molar-refractivity contribution in [2.24, 2.45) is 5.92 Å². The number of nitrogens with zero attached hydrogens (tertiary/aromatic N) is 2. The number of hydrogen-bond donors (Lipinski definition) is 1. The van der Waals surface area contributed by atoms with E-state index >= 15 is 0 Å². The van der Waals surface area contributed by atoms with E-state index < -0.39 is 10.0 Å². The van der Waals surface area contributed by atoms with Crippen LogP contribution in [-0.2, 0) is 10.0 Å². The second kappa shape index (κ2) is 7.15. The molecule has 5 nitrogen and oxygen atoms in total. The van der Waals surface area contributed by atoms with Crippen LogP contribution in [0.5, 0.6) is 0 Å². The fourth-order valence-electron chi connectivity index (χ4n) is 2.95. The fraction of sp³-hybridized carbons (Fsp3) is 0.438.